The summed E-state index contributed by atoms with van der Waals surface area (Å²) in [6.07, 6.45) is 2.20. The van der Waals surface area contributed by atoms with Crippen molar-refractivity contribution in [3.8, 4) is 0 Å². The highest BCUT2D eigenvalue weighted by atomic mass is 32.2. The molecular formula is C17H23N3O2S2. The van der Waals surface area contributed by atoms with Gasteiger partial charge in [0.25, 0.3) is 0 Å². The Balaban J connectivity index is 1.88. The number of hydrogen-bond donors (Lipinski definition) is 1. The van der Waals surface area contributed by atoms with Crippen LogP contribution in [0.5, 0.6) is 0 Å². The zero-order chi connectivity index (χ0) is 17.6. The van der Waals surface area contributed by atoms with Crippen LogP contribution in [0, 0.1) is 0 Å². The Morgan fingerprint density at radius 2 is 1.96 bits per heavy atom. The smallest absolute Gasteiger partial charge is 0.193 e. The van der Waals surface area contributed by atoms with Gasteiger partial charge in [0.05, 0.1) is 4.90 Å². The van der Waals surface area contributed by atoms with E-state index in [1.807, 2.05) is 19.2 Å². The van der Waals surface area contributed by atoms with Crippen molar-refractivity contribution >= 4 is 27.1 Å². The first kappa shape index (κ1) is 18.5. The van der Waals surface area contributed by atoms with Crippen molar-refractivity contribution < 1.29 is 8.42 Å². The molecule has 0 atom stereocenters. The summed E-state index contributed by atoms with van der Waals surface area (Å²) in [6.45, 7) is 1.48. The quantitative estimate of drug-likeness (QED) is 0.631. The van der Waals surface area contributed by atoms with Gasteiger partial charge in [0, 0.05) is 38.3 Å². The Hall–Kier alpha value is -1.86. The van der Waals surface area contributed by atoms with Crippen molar-refractivity contribution in [1.82, 2.24) is 10.2 Å². The Bertz CT molecular complexity index is 767. The van der Waals surface area contributed by atoms with E-state index < -0.39 is 9.84 Å². The van der Waals surface area contributed by atoms with E-state index in [9.17, 15) is 8.42 Å². The van der Waals surface area contributed by atoms with Crippen LogP contribution in [0.15, 0.2) is 51.7 Å². The van der Waals surface area contributed by atoms with Crippen LogP contribution in [0.2, 0.25) is 0 Å². The lowest BCUT2D eigenvalue weighted by molar-refractivity contribution is 0.486. The zero-order valence-corrected chi connectivity index (χ0v) is 15.8. The highest BCUT2D eigenvalue weighted by Crippen LogP contribution is 2.11. The van der Waals surface area contributed by atoms with E-state index in [0.29, 0.717) is 11.4 Å². The first-order valence-corrected chi connectivity index (χ1v) is 10.4. The van der Waals surface area contributed by atoms with Gasteiger partial charge < -0.3 is 10.2 Å². The second-order valence-corrected chi connectivity index (χ2v) is 8.62. The number of aliphatic imine (C=N–C) groups is 1. The molecule has 0 aliphatic carbocycles. The molecule has 0 bridgehead atoms. The molecule has 1 aromatic carbocycles. The summed E-state index contributed by atoms with van der Waals surface area (Å²) in [5.74, 6) is 0.818. The maximum Gasteiger partial charge on any atom is 0.193 e. The predicted octanol–water partition coefficient (Wildman–Crippen LogP) is 2.40. The van der Waals surface area contributed by atoms with E-state index in [1.165, 1.54) is 11.1 Å². The molecule has 5 nitrogen and oxygen atoms in total. The summed E-state index contributed by atoms with van der Waals surface area (Å²) in [4.78, 5) is 8.08. The molecular weight excluding hydrogens is 342 g/mol. The second kappa shape index (κ2) is 8.30. The molecule has 0 saturated heterocycles. The lowest BCUT2D eigenvalue weighted by Gasteiger charge is -2.22. The molecule has 0 radical (unpaired) electrons. The molecule has 24 heavy (non-hydrogen) atoms. The van der Waals surface area contributed by atoms with Gasteiger partial charge in [-0.15, -0.1) is 11.3 Å². The number of nitrogens with one attached hydrogen (secondary N) is 1. The van der Waals surface area contributed by atoms with E-state index in [-0.39, 0.29) is 0 Å². The second-order valence-electron chi connectivity index (χ2n) is 5.57. The minimum Gasteiger partial charge on any atom is -0.352 e. The fraction of sp³-hybridized carbons (Fsp3) is 0.353. The fourth-order valence-electron chi connectivity index (χ4n) is 2.26. The van der Waals surface area contributed by atoms with Crippen molar-refractivity contribution in [2.75, 3.05) is 26.9 Å². The third kappa shape index (κ3) is 5.35. The van der Waals surface area contributed by atoms with Crippen LogP contribution < -0.4 is 5.32 Å². The van der Waals surface area contributed by atoms with Gasteiger partial charge in [0.15, 0.2) is 15.8 Å². The summed E-state index contributed by atoms with van der Waals surface area (Å²) >= 11 is 1.76. The molecule has 1 heterocycles. The van der Waals surface area contributed by atoms with Gasteiger partial charge >= 0.3 is 0 Å². The average Bonchev–Trinajstić information content (AvgIpc) is 3.06. The molecule has 1 N–H and O–H groups in total. The molecule has 0 amide bonds. The Kier molecular flexibility index (Phi) is 6.39. The van der Waals surface area contributed by atoms with Gasteiger partial charge in [-0.1, -0.05) is 18.2 Å². The third-order valence-electron chi connectivity index (χ3n) is 3.65. The highest BCUT2D eigenvalue weighted by Gasteiger charge is 2.08. The molecule has 0 fully saturated rings. The van der Waals surface area contributed by atoms with E-state index in [1.54, 1.807) is 30.5 Å². The summed E-state index contributed by atoms with van der Waals surface area (Å²) in [5.41, 5.74) is 1.01. The summed E-state index contributed by atoms with van der Waals surface area (Å²) in [6, 6.07) is 11.1. The maximum absolute atomic E-state index is 11.5. The number of likely N-dealkylation sites (N-methyl/N-ethyl adjacent to an activating group) is 1. The SMILES string of the molecule is CN=C(NCc1ccc(S(C)(=O)=O)cc1)N(C)CCc1cccs1. The van der Waals surface area contributed by atoms with Gasteiger partial charge in [0.1, 0.15) is 0 Å². The van der Waals surface area contributed by atoms with Crippen molar-refractivity contribution in [3.05, 3.63) is 52.2 Å². The van der Waals surface area contributed by atoms with Crippen LogP contribution in [-0.2, 0) is 22.8 Å². The van der Waals surface area contributed by atoms with Gasteiger partial charge in [0.2, 0.25) is 0 Å². The number of hydrogen-bond acceptors (Lipinski definition) is 4. The van der Waals surface area contributed by atoms with Crippen LogP contribution in [0.1, 0.15) is 10.4 Å². The molecule has 2 aromatic rings. The molecule has 0 aliphatic rings. The number of sulfone groups is 1. The summed E-state index contributed by atoms with van der Waals surface area (Å²) in [5, 5.41) is 5.39. The number of guanidine groups is 1. The normalized spacial score (nSPS) is 12.2. The molecule has 0 saturated carbocycles. The summed E-state index contributed by atoms with van der Waals surface area (Å²) < 4.78 is 22.9. The van der Waals surface area contributed by atoms with Crippen molar-refractivity contribution in [2.24, 2.45) is 4.99 Å². The van der Waals surface area contributed by atoms with E-state index >= 15 is 0 Å². The minimum atomic E-state index is -3.15. The molecule has 0 unspecified atom stereocenters. The predicted molar refractivity (Wildman–Crippen MR) is 100 cm³/mol. The number of nitrogens with zero attached hydrogens (tertiary/aromatic N) is 2. The van der Waals surface area contributed by atoms with Gasteiger partial charge in [-0.3, -0.25) is 4.99 Å². The first-order valence-electron chi connectivity index (χ1n) is 7.63. The maximum atomic E-state index is 11.5. The molecule has 130 valence electrons. The third-order valence-corrected chi connectivity index (χ3v) is 5.71. The van der Waals surface area contributed by atoms with Crippen LogP contribution >= 0.6 is 11.3 Å². The molecule has 1 aromatic heterocycles. The topological polar surface area (TPSA) is 61.8 Å². The molecule has 2 rings (SSSR count). The lowest BCUT2D eigenvalue weighted by Crippen LogP contribution is -2.39. The van der Waals surface area contributed by atoms with Crippen molar-refractivity contribution in [3.63, 3.8) is 0 Å². The number of rotatable bonds is 6. The Morgan fingerprint density at radius 1 is 1.25 bits per heavy atom. The first-order chi connectivity index (χ1) is 11.4. The van der Waals surface area contributed by atoms with Crippen LogP contribution in [0.3, 0.4) is 0 Å². The van der Waals surface area contributed by atoms with Crippen LogP contribution in [0.4, 0.5) is 0 Å². The lowest BCUT2D eigenvalue weighted by atomic mass is 10.2. The van der Waals surface area contributed by atoms with E-state index in [0.717, 1.165) is 24.5 Å². The molecule has 0 aliphatic heterocycles. The van der Waals surface area contributed by atoms with E-state index in [2.05, 4.69) is 32.7 Å². The van der Waals surface area contributed by atoms with E-state index in [4.69, 9.17) is 0 Å². The van der Waals surface area contributed by atoms with Gasteiger partial charge in [-0.25, -0.2) is 8.42 Å². The largest absolute Gasteiger partial charge is 0.352 e. The fourth-order valence-corrected chi connectivity index (χ4v) is 3.59. The highest BCUT2D eigenvalue weighted by molar-refractivity contribution is 7.90. The summed E-state index contributed by atoms with van der Waals surface area (Å²) in [7, 11) is 0.621. The zero-order valence-electron chi connectivity index (χ0n) is 14.2. The van der Waals surface area contributed by atoms with Crippen molar-refractivity contribution in [2.45, 2.75) is 17.9 Å². The number of thiophene rings is 1. The van der Waals surface area contributed by atoms with Crippen molar-refractivity contribution in [1.29, 1.82) is 0 Å². The molecule has 7 heteroatoms. The number of benzene rings is 1. The monoisotopic (exact) mass is 365 g/mol. The van der Waals surface area contributed by atoms with Gasteiger partial charge in [-0.05, 0) is 35.6 Å². The standard InChI is InChI=1S/C17H23N3O2S2/c1-18-17(20(2)11-10-15-5-4-12-23-15)19-13-14-6-8-16(9-7-14)24(3,21)22/h4-9,12H,10-11,13H2,1-3H3,(H,18,19). The average molecular weight is 366 g/mol. The Labute approximate surface area is 148 Å². The van der Waals surface area contributed by atoms with Gasteiger partial charge in [-0.2, -0.15) is 0 Å². The molecule has 0 spiro atoms. The van der Waals surface area contributed by atoms with Crippen LogP contribution in [-0.4, -0.2) is 46.2 Å². The Morgan fingerprint density at radius 3 is 2.50 bits per heavy atom. The minimum absolute atomic E-state index is 0.337. The van der Waals surface area contributed by atoms with Crippen LogP contribution in [0.25, 0.3) is 0 Å².